The summed E-state index contributed by atoms with van der Waals surface area (Å²) in [5.41, 5.74) is 2.68. The number of anilines is 2. The molecule has 0 aliphatic carbocycles. The SMILES string of the molecule is O=C(Nc1ccc(N2CCOCC2)cn1)c1ccc(OCc2ccccc2)cc1. The Balaban J connectivity index is 1.32. The molecule has 0 unspecified atom stereocenters. The lowest BCUT2D eigenvalue weighted by molar-refractivity contribution is 0.102. The number of rotatable bonds is 6. The fourth-order valence-corrected chi connectivity index (χ4v) is 3.10. The van der Waals surface area contributed by atoms with Gasteiger partial charge in [0.05, 0.1) is 25.1 Å². The summed E-state index contributed by atoms with van der Waals surface area (Å²) >= 11 is 0. The van der Waals surface area contributed by atoms with Crippen molar-refractivity contribution in [2.45, 2.75) is 6.61 Å². The number of aromatic nitrogens is 1. The molecule has 1 saturated heterocycles. The van der Waals surface area contributed by atoms with Crippen molar-refractivity contribution in [1.82, 2.24) is 4.98 Å². The number of ether oxygens (including phenoxy) is 2. The van der Waals surface area contributed by atoms with Crippen LogP contribution in [0.5, 0.6) is 5.75 Å². The third-order valence-corrected chi connectivity index (χ3v) is 4.73. The molecule has 1 amide bonds. The molecule has 1 N–H and O–H groups in total. The van der Waals surface area contributed by atoms with Crippen LogP contribution in [0.3, 0.4) is 0 Å². The molecule has 0 spiro atoms. The number of pyridine rings is 1. The van der Waals surface area contributed by atoms with E-state index in [0.29, 0.717) is 18.0 Å². The summed E-state index contributed by atoms with van der Waals surface area (Å²) in [6.45, 7) is 3.65. The van der Waals surface area contributed by atoms with E-state index in [0.717, 1.165) is 43.3 Å². The highest BCUT2D eigenvalue weighted by Crippen LogP contribution is 2.18. The Kier molecular flexibility index (Phi) is 6.02. The summed E-state index contributed by atoms with van der Waals surface area (Å²) in [6, 6.07) is 20.8. The first-order chi connectivity index (χ1) is 14.3. The van der Waals surface area contributed by atoms with Crippen molar-refractivity contribution in [3.63, 3.8) is 0 Å². The summed E-state index contributed by atoms with van der Waals surface area (Å²) in [5.74, 6) is 1.04. The first-order valence-electron chi connectivity index (χ1n) is 9.65. The second-order valence-corrected chi connectivity index (χ2v) is 6.75. The minimum Gasteiger partial charge on any atom is -0.489 e. The van der Waals surface area contributed by atoms with Gasteiger partial charge in [-0.25, -0.2) is 4.98 Å². The van der Waals surface area contributed by atoms with E-state index in [2.05, 4.69) is 15.2 Å². The normalized spacial score (nSPS) is 13.7. The van der Waals surface area contributed by atoms with Crippen LogP contribution in [0.2, 0.25) is 0 Å². The number of carbonyl (C=O) groups is 1. The first kappa shape index (κ1) is 19.0. The number of amides is 1. The largest absolute Gasteiger partial charge is 0.489 e. The minimum absolute atomic E-state index is 0.203. The number of benzene rings is 2. The number of nitrogens with zero attached hydrogens (tertiary/aromatic N) is 2. The van der Waals surface area contributed by atoms with Crippen molar-refractivity contribution < 1.29 is 14.3 Å². The predicted molar refractivity (Wildman–Crippen MR) is 112 cm³/mol. The van der Waals surface area contributed by atoms with Crippen molar-refractivity contribution in [1.29, 1.82) is 0 Å². The average Bonchev–Trinajstić information content (AvgIpc) is 2.80. The van der Waals surface area contributed by atoms with Crippen molar-refractivity contribution in [3.05, 3.63) is 84.1 Å². The molecule has 2 aromatic carbocycles. The predicted octanol–water partition coefficient (Wildman–Crippen LogP) is 3.75. The summed E-state index contributed by atoms with van der Waals surface area (Å²) in [5, 5.41) is 2.83. The second kappa shape index (κ2) is 9.21. The lowest BCUT2D eigenvalue weighted by atomic mass is 10.2. The van der Waals surface area contributed by atoms with Crippen molar-refractivity contribution in [3.8, 4) is 5.75 Å². The molecule has 0 saturated carbocycles. The summed E-state index contributed by atoms with van der Waals surface area (Å²) in [6.07, 6.45) is 1.78. The maximum atomic E-state index is 12.5. The first-order valence-corrected chi connectivity index (χ1v) is 9.65. The van der Waals surface area contributed by atoms with Gasteiger partial charge in [-0.3, -0.25) is 4.79 Å². The van der Waals surface area contributed by atoms with Gasteiger partial charge >= 0.3 is 0 Å². The van der Waals surface area contributed by atoms with Crippen LogP contribution in [0.25, 0.3) is 0 Å². The van der Waals surface area contributed by atoms with Gasteiger partial charge in [-0.05, 0) is 42.0 Å². The fraction of sp³-hybridized carbons (Fsp3) is 0.217. The third kappa shape index (κ3) is 5.12. The van der Waals surface area contributed by atoms with Crippen LogP contribution in [0.4, 0.5) is 11.5 Å². The molecule has 3 aromatic rings. The van der Waals surface area contributed by atoms with Crippen LogP contribution in [-0.4, -0.2) is 37.2 Å². The van der Waals surface area contributed by atoms with E-state index in [-0.39, 0.29) is 5.91 Å². The van der Waals surface area contributed by atoms with Crippen LogP contribution in [-0.2, 0) is 11.3 Å². The van der Waals surface area contributed by atoms with Gasteiger partial charge in [0.1, 0.15) is 18.2 Å². The van der Waals surface area contributed by atoms with E-state index in [4.69, 9.17) is 9.47 Å². The zero-order chi connectivity index (χ0) is 19.9. The van der Waals surface area contributed by atoms with Gasteiger partial charge in [0.2, 0.25) is 0 Å². The molecule has 0 radical (unpaired) electrons. The van der Waals surface area contributed by atoms with Gasteiger partial charge in [-0.2, -0.15) is 0 Å². The van der Waals surface area contributed by atoms with Crippen LogP contribution >= 0.6 is 0 Å². The molecule has 4 rings (SSSR count). The Morgan fingerprint density at radius 2 is 1.76 bits per heavy atom. The van der Waals surface area contributed by atoms with Gasteiger partial charge in [-0.15, -0.1) is 0 Å². The quantitative estimate of drug-likeness (QED) is 0.696. The second-order valence-electron chi connectivity index (χ2n) is 6.75. The molecule has 0 atom stereocenters. The molecule has 1 fully saturated rings. The van der Waals surface area contributed by atoms with Gasteiger partial charge < -0.3 is 19.7 Å². The Morgan fingerprint density at radius 1 is 1.00 bits per heavy atom. The molecular weight excluding hydrogens is 366 g/mol. The van der Waals surface area contributed by atoms with Crippen LogP contribution in [0.1, 0.15) is 15.9 Å². The summed E-state index contributed by atoms with van der Waals surface area (Å²) in [7, 11) is 0. The highest BCUT2D eigenvalue weighted by atomic mass is 16.5. The van der Waals surface area contributed by atoms with Crippen molar-refractivity contribution >= 4 is 17.4 Å². The van der Waals surface area contributed by atoms with Crippen molar-refractivity contribution in [2.24, 2.45) is 0 Å². The van der Waals surface area contributed by atoms with Gasteiger partial charge in [-0.1, -0.05) is 30.3 Å². The third-order valence-electron chi connectivity index (χ3n) is 4.73. The number of nitrogens with one attached hydrogen (secondary N) is 1. The highest BCUT2D eigenvalue weighted by Gasteiger charge is 2.12. The lowest BCUT2D eigenvalue weighted by Crippen LogP contribution is -2.36. The molecule has 6 nitrogen and oxygen atoms in total. The molecule has 148 valence electrons. The smallest absolute Gasteiger partial charge is 0.256 e. The van der Waals surface area contributed by atoms with E-state index in [1.165, 1.54) is 0 Å². The molecule has 29 heavy (non-hydrogen) atoms. The van der Waals surface area contributed by atoms with E-state index >= 15 is 0 Å². The van der Waals surface area contributed by atoms with Crippen LogP contribution in [0.15, 0.2) is 72.9 Å². The standard InChI is InChI=1S/C23H23N3O3/c27-23(25-22-11-8-20(16-24-22)26-12-14-28-15-13-26)19-6-9-21(10-7-19)29-17-18-4-2-1-3-5-18/h1-11,16H,12-15,17H2,(H,24,25,27). The average molecular weight is 389 g/mol. The van der Waals surface area contributed by atoms with E-state index in [1.54, 1.807) is 30.5 Å². The molecule has 1 aliphatic rings. The van der Waals surface area contributed by atoms with Gasteiger partial charge in [0.15, 0.2) is 0 Å². The van der Waals surface area contributed by atoms with E-state index < -0.39 is 0 Å². The van der Waals surface area contributed by atoms with E-state index in [1.807, 2.05) is 42.5 Å². The van der Waals surface area contributed by atoms with Crippen LogP contribution in [0, 0.1) is 0 Å². The maximum Gasteiger partial charge on any atom is 0.256 e. The van der Waals surface area contributed by atoms with Crippen molar-refractivity contribution in [2.75, 3.05) is 36.5 Å². The Labute approximate surface area is 170 Å². The zero-order valence-corrected chi connectivity index (χ0v) is 16.1. The van der Waals surface area contributed by atoms with Gasteiger partial charge in [0, 0.05) is 18.7 Å². The zero-order valence-electron chi connectivity index (χ0n) is 16.1. The molecule has 1 aliphatic heterocycles. The Hall–Kier alpha value is -3.38. The number of hydrogen-bond acceptors (Lipinski definition) is 5. The highest BCUT2D eigenvalue weighted by molar-refractivity contribution is 6.03. The number of carbonyl (C=O) groups excluding carboxylic acids is 1. The Morgan fingerprint density at radius 3 is 2.45 bits per heavy atom. The van der Waals surface area contributed by atoms with Gasteiger partial charge in [0.25, 0.3) is 5.91 Å². The topological polar surface area (TPSA) is 63.7 Å². The lowest BCUT2D eigenvalue weighted by Gasteiger charge is -2.28. The molecule has 6 heteroatoms. The minimum atomic E-state index is -0.203. The maximum absolute atomic E-state index is 12.5. The fourth-order valence-electron chi connectivity index (χ4n) is 3.10. The Bertz CT molecular complexity index is 922. The summed E-state index contributed by atoms with van der Waals surface area (Å²) < 4.78 is 11.1. The molecule has 1 aromatic heterocycles. The summed E-state index contributed by atoms with van der Waals surface area (Å²) in [4.78, 5) is 19.1. The molecule has 0 bridgehead atoms. The molecular formula is C23H23N3O3. The van der Waals surface area contributed by atoms with E-state index in [9.17, 15) is 4.79 Å². The number of morpholine rings is 1. The number of hydrogen-bond donors (Lipinski definition) is 1. The molecule has 2 heterocycles. The monoisotopic (exact) mass is 389 g/mol. The van der Waals surface area contributed by atoms with Crippen LogP contribution < -0.4 is 15.0 Å².